The van der Waals surface area contributed by atoms with Crippen LogP contribution in [-0.4, -0.2) is 72.7 Å². The molecular weight excluding hydrogens is 551 g/mol. The van der Waals surface area contributed by atoms with Crippen molar-refractivity contribution in [2.75, 3.05) is 39.9 Å². The third-order valence-corrected chi connectivity index (χ3v) is 9.23. The van der Waals surface area contributed by atoms with Gasteiger partial charge in [0.05, 0.1) is 34.9 Å². The van der Waals surface area contributed by atoms with Gasteiger partial charge in [-0.15, -0.1) is 0 Å². The number of ether oxygens (including phenoxy) is 2. The summed E-state index contributed by atoms with van der Waals surface area (Å²) >= 11 is 18.3. The maximum absolute atomic E-state index is 13.5. The summed E-state index contributed by atoms with van der Waals surface area (Å²) in [5.74, 6) is 1.47. The van der Waals surface area contributed by atoms with E-state index in [0.29, 0.717) is 80.6 Å². The van der Waals surface area contributed by atoms with Crippen molar-refractivity contribution in [2.45, 2.75) is 38.2 Å². The fourth-order valence-corrected chi connectivity index (χ4v) is 6.02. The van der Waals surface area contributed by atoms with E-state index in [4.69, 9.17) is 44.3 Å². The van der Waals surface area contributed by atoms with Gasteiger partial charge in [0.15, 0.2) is 11.5 Å². The number of amides is 2. The standard InChI is InChI=1S/C28H31Cl3N2O5/c1-37-22-5-4-18(14-23(22)38-15-17-2-3-17)26(35)33-9-6-24(34)28(16-33)7-10-32(11-8-28)27(36)19-12-20(29)25(31)21(30)13-19/h4-5,12-14,17,24,34H,2-3,6-11,15-16H2,1H3. The molecule has 38 heavy (non-hydrogen) atoms. The van der Waals surface area contributed by atoms with Crippen LogP contribution in [0.2, 0.25) is 15.1 Å². The van der Waals surface area contributed by atoms with Gasteiger partial charge in [-0.25, -0.2) is 0 Å². The number of halogens is 3. The molecule has 7 nitrogen and oxygen atoms in total. The number of hydrogen-bond acceptors (Lipinski definition) is 5. The molecule has 2 amide bonds. The molecule has 1 spiro atoms. The summed E-state index contributed by atoms with van der Waals surface area (Å²) in [7, 11) is 1.59. The first-order valence-electron chi connectivity index (χ1n) is 12.9. The van der Waals surface area contributed by atoms with Crippen molar-refractivity contribution < 1.29 is 24.2 Å². The van der Waals surface area contributed by atoms with Crippen LogP contribution >= 0.6 is 34.8 Å². The second-order valence-electron chi connectivity index (χ2n) is 10.6. The fraction of sp³-hybridized carbons (Fsp3) is 0.500. The number of carbonyl (C=O) groups excluding carboxylic acids is 2. The SMILES string of the molecule is COc1ccc(C(=O)N2CCC(O)C3(CCN(C(=O)c4cc(Cl)c(Cl)c(Cl)c4)CC3)C2)cc1OCC1CC1. The number of piperidine rings is 2. The van der Waals surface area contributed by atoms with Gasteiger partial charge in [0, 0.05) is 42.7 Å². The second kappa shape index (κ2) is 11.1. The average Bonchev–Trinajstić information content (AvgIpc) is 3.76. The number of likely N-dealkylation sites (tertiary alicyclic amines) is 2. The van der Waals surface area contributed by atoms with Crippen LogP contribution in [0.1, 0.15) is 52.8 Å². The van der Waals surface area contributed by atoms with Crippen LogP contribution in [0, 0.1) is 11.3 Å². The minimum atomic E-state index is -0.545. The van der Waals surface area contributed by atoms with E-state index in [-0.39, 0.29) is 26.9 Å². The smallest absolute Gasteiger partial charge is 0.254 e. The molecule has 2 aliphatic heterocycles. The molecule has 5 rings (SSSR count). The molecule has 1 N–H and O–H groups in total. The first-order chi connectivity index (χ1) is 18.2. The van der Waals surface area contributed by atoms with Gasteiger partial charge in [0.25, 0.3) is 11.8 Å². The van der Waals surface area contributed by atoms with Crippen LogP contribution in [0.25, 0.3) is 0 Å². The van der Waals surface area contributed by atoms with Crippen LogP contribution in [0.4, 0.5) is 0 Å². The molecule has 1 saturated carbocycles. The average molecular weight is 582 g/mol. The van der Waals surface area contributed by atoms with Gasteiger partial charge in [-0.2, -0.15) is 0 Å². The maximum atomic E-state index is 13.5. The van der Waals surface area contributed by atoms with E-state index < -0.39 is 11.5 Å². The monoisotopic (exact) mass is 580 g/mol. The lowest BCUT2D eigenvalue weighted by Crippen LogP contribution is -2.58. The number of aliphatic hydroxyl groups excluding tert-OH is 1. The summed E-state index contributed by atoms with van der Waals surface area (Å²) in [6, 6.07) is 8.33. The summed E-state index contributed by atoms with van der Waals surface area (Å²) in [6.45, 7) is 2.43. The number of methoxy groups -OCH3 is 1. The summed E-state index contributed by atoms with van der Waals surface area (Å²) in [6.07, 6.45) is 3.45. The largest absolute Gasteiger partial charge is 0.493 e. The predicted octanol–water partition coefficient (Wildman–Crippen LogP) is 5.57. The number of benzene rings is 2. The van der Waals surface area contributed by atoms with Gasteiger partial charge in [0.2, 0.25) is 0 Å². The minimum Gasteiger partial charge on any atom is -0.493 e. The van der Waals surface area contributed by atoms with Crippen molar-refractivity contribution in [3.05, 3.63) is 56.5 Å². The lowest BCUT2D eigenvalue weighted by atomic mass is 9.70. The lowest BCUT2D eigenvalue weighted by molar-refractivity contribution is -0.0676. The Labute approximate surface area is 237 Å². The zero-order valence-corrected chi connectivity index (χ0v) is 23.5. The highest BCUT2D eigenvalue weighted by atomic mass is 35.5. The number of rotatable bonds is 6. The molecule has 10 heteroatoms. The normalized spacial score (nSPS) is 20.9. The highest BCUT2D eigenvalue weighted by Gasteiger charge is 2.46. The molecule has 0 radical (unpaired) electrons. The van der Waals surface area contributed by atoms with Crippen molar-refractivity contribution >= 4 is 46.6 Å². The predicted molar refractivity (Wildman–Crippen MR) is 147 cm³/mol. The van der Waals surface area contributed by atoms with Crippen LogP contribution in [0.5, 0.6) is 11.5 Å². The quantitative estimate of drug-likeness (QED) is 0.451. The van der Waals surface area contributed by atoms with E-state index >= 15 is 0 Å². The molecule has 2 aromatic rings. The highest BCUT2D eigenvalue weighted by molar-refractivity contribution is 6.48. The minimum absolute atomic E-state index is 0.0980. The van der Waals surface area contributed by atoms with E-state index in [0.717, 1.165) is 0 Å². The first-order valence-corrected chi connectivity index (χ1v) is 14.1. The molecule has 204 valence electrons. The zero-order chi connectivity index (χ0) is 27.0. The van der Waals surface area contributed by atoms with Gasteiger partial charge < -0.3 is 24.4 Å². The Morgan fingerprint density at radius 1 is 0.921 bits per heavy atom. The van der Waals surface area contributed by atoms with Crippen molar-refractivity contribution in [1.29, 1.82) is 0 Å². The van der Waals surface area contributed by atoms with Crippen molar-refractivity contribution in [2.24, 2.45) is 11.3 Å². The maximum Gasteiger partial charge on any atom is 0.254 e. The Balaban J connectivity index is 1.26. The summed E-state index contributed by atoms with van der Waals surface area (Å²) in [4.78, 5) is 30.2. The van der Waals surface area contributed by atoms with Crippen LogP contribution in [0.3, 0.4) is 0 Å². The molecule has 2 heterocycles. The Hall–Kier alpha value is -2.19. The summed E-state index contributed by atoms with van der Waals surface area (Å²) in [5, 5.41) is 11.7. The molecule has 0 aromatic heterocycles. The lowest BCUT2D eigenvalue weighted by Gasteiger charge is -2.50. The van der Waals surface area contributed by atoms with E-state index in [9.17, 15) is 14.7 Å². The third kappa shape index (κ3) is 5.57. The summed E-state index contributed by atoms with van der Waals surface area (Å²) in [5.41, 5.74) is 0.436. The molecule has 1 unspecified atom stereocenters. The van der Waals surface area contributed by atoms with Crippen molar-refractivity contribution in [3.8, 4) is 11.5 Å². The van der Waals surface area contributed by atoms with E-state index in [1.54, 1.807) is 30.2 Å². The van der Waals surface area contributed by atoms with Crippen molar-refractivity contribution in [3.63, 3.8) is 0 Å². The molecule has 0 bridgehead atoms. The second-order valence-corrected chi connectivity index (χ2v) is 11.8. The van der Waals surface area contributed by atoms with Crippen LogP contribution in [0.15, 0.2) is 30.3 Å². The molecule has 1 atom stereocenters. The molecule has 1 aliphatic carbocycles. The Morgan fingerprint density at radius 3 is 2.21 bits per heavy atom. The van der Waals surface area contributed by atoms with Gasteiger partial charge in [-0.05, 0) is 68.4 Å². The van der Waals surface area contributed by atoms with Crippen LogP contribution < -0.4 is 9.47 Å². The van der Waals surface area contributed by atoms with Gasteiger partial charge in [-0.3, -0.25) is 9.59 Å². The molecular formula is C28H31Cl3N2O5. The molecule has 2 saturated heterocycles. The van der Waals surface area contributed by atoms with Gasteiger partial charge in [0.1, 0.15) is 0 Å². The van der Waals surface area contributed by atoms with E-state index in [1.165, 1.54) is 25.0 Å². The number of nitrogens with zero attached hydrogens (tertiary/aromatic N) is 2. The van der Waals surface area contributed by atoms with Gasteiger partial charge >= 0.3 is 0 Å². The Bertz CT molecular complexity index is 1200. The topological polar surface area (TPSA) is 79.3 Å². The van der Waals surface area contributed by atoms with Gasteiger partial charge in [-0.1, -0.05) is 34.8 Å². The number of hydrogen-bond donors (Lipinski definition) is 1. The van der Waals surface area contributed by atoms with E-state index in [1.807, 2.05) is 4.90 Å². The molecule has 2 aromatic carbocycles. The van der Waals surface area contributed by atoms with E-state index in [2.05, 4.69) is 0 Å². The zero-order valence-electron chi connectivity index (χ0n) is 21.2. The third-order valence-electron chi connectivity index (χ3n) is 8.03. The highest BCUT2D eigenvalue weighted by Crippen LogP contribution is 2.42. The van der Waals surface area contributed by atoms with Crippen molar-refractivity contribution in [1.82, 2.24) is 9.80 Å². The molecule has 3 aliphatic rings. The summed E-state index contributed by atoms with van der Waals surface area (Å²) < 4.78 is 11.4. The fourth-order valence-electron chi connectivity index (χ4n) is 5.43. The first kappa shape index (κ1) is 27.4. The number of carbonyl (C=O) groups is 2. The molecule has 3 fully saturated rings. The Kier molecular flexibility index (Phi) is 8.01. The number of aliphatic hydroxyl groups is 1. The van der Waals surface area contributed by atoms with Crippen LogP contribution in [-0.2, 0) is 0 Å². The Morgan fingerprint density at radius 2 is 1.58 bits per heavy atom.